The molecule has 2 aliphatic heterocycles. The summed E-state index contributed by atoms with van der Waals surface area (Å²) in [6, 6.07) is 1.70. The molecule has 1 atom stereocenters. The Balaban J connectivity index is 1.87. The molecule has 0 amide bonds. The largest absolute Gasteiger partial charge is 0.316 e. The van der Waals surface area contributed by atoms with Crippen LogP contribution in [0, 0.1) is 5.41 Å². The first-order chi connectivity index (χ1) is 9.93. The van der Waals surface area contributed by atoms with Crippen LogP contribution in [-0.4, -0.2) is 38.9 Å². The topological polar surface area (TPSA) is 49.4 Å². The molecule has 1 aromatic heterocycles. The van der Waals surface area contributed by atoms with Gasteiger partial charge in [0.2, 0.25) is 10.0 Å². The second kappa shape index (κ2) is 6.20. The van der Waals surface area contributed by atoms with Crippen molar-refractivity contribution in [2.75, 3.05) is 26.2 Å². The maximum Gasteiger partial charge on any atom is 0.245 e. The molecule has 0 bridgehead atoms. The molecule has 0 aromatic carbocycles. The molecule has 3 heterocycles. The smallest absolute Gasteiger partial charge is 0.245 e. The first-order valence-corrected chi connectivity index (χ1v) is 10.9. The van der Waals surface area contributed by atoms with Gasteiger partial charge in [-0.3, -0.25) is 0 Å². The van der Waals surface area contributed by atoms with Gasteiger partial charge in [0.05, 0.1) is 7.57 Å². The van der Waals surface area contributed by atoms with E-state index in [1.165, 1.54) is 11.3 Å². The van der Waals surface area contributed by atoms with Gasteiger partial charge in [-0.05, 0) is 75.6 Å². The summed E-state index contributed by atoms with van der Waals surface area (Å²) < 4.78 is 29.0. The van der Waals surface area contributed by atoms with E-state index in [1.807, 2.05) is 0 Å². The quantitative estimate of drug-likeness (QED) is 0.739. The van der Waals surface area contributed by atoms with E-state index in [0.717, 1.165) is 42.6 Å². The van der Waals surface area contributed by atoms with Crippen LogP contribution in [0.5, 0.6) is 0 Å². The molecule has 1 unspecified atom stereocenters. The highest BCUT2D eigenvalue weighted by molar-refractivity contribution is 9.12. The van der Waals surface area contributed by atoms with E-state index in [0.29, 0.717) is 21.8 Å². The Morgan fingerprint density at radius 1 is 1.29 bits per heavy atom. The monoisotopic (exact) mass is 456 g/mol. The summed E-state index contributed by atoms with van der Waals surface area (Å²) >= 11 is 8.14. The third-order valence-electron chi connectivity index (χ3n) is 4.43. The molecule has 3 rings (SSSR count). The van der Waals surface area contributed by atoms with Gasteiger partial charge >= 0.3 is 0 Å². The Kier molecular flexibility index (Phi) is 4.84. The molecule has 118 valence electrons. The molecule has 21 heavy (non-hydrogen) atoms. The van der Waals surface area contributed by atoms with Crippen molar-refractivity contribution >= 4 is 53.2 Å². The van der Waals surface area contributed by atoms with Gasteiger partial charge in [0.1, 0.15) is 4.90 Å². The van der Waals surface area contributed by atoms with Crippen LogP contribution >= 0.6 is 43.2 Å². The SMILES string of the molecule is O=S(=O)(c1cc(Br)sc1Br)N1CCCC2(CCCNC2)C1. The number of halogens is 2. The van der Waals surface area contributed by atoms with Crippen molar-refractivity contribution < 1.29 is 8.42 Å². The number of nitrogens with one attached hydrogen (secondary N) is 1. The fourth-order valence-electron chi connectivity index (χ4n) is 3.39. The summed E-state index contributed by atoms with van der Waals surface area (Å²) in [5.41, 5.74) is 0.128. The molecule has 2 aliphatic rings. The number of nitrogens with zero attached hydrogens (tertiary/aromatic N) is 1. The van der Waals surface area contributed by atoms with E-state index in [9.17, 15) is 8.42 Å². The molecule has 2 fully saturated rings. The first kappa shape index (κ1) is 16.4. The van der Waals surface area contributed by atoms with Crippen molar-refractivity contribution in [3.63, 3.8) is 0 Å². The molecule has 8 heteroatoms. The van der Waals surface area contributed by atoms with E-state index < -0.39 is 10.0 Å². The van der Waals surface area contributed by atoms with Crippen molar-refractivity contribution in [2.45, 2.75) is 30.6 Å². The van der Waals surface area contributed by atoms with Gasteiger partial charge in [-0.2, -0.15) is 4.31 Å². The van der Waals surface area contributed by atoms with Crippen molar-refractivity contribution in [3.05, 3.63) is 13.6 Å². The average molecular weight is 458 g/mol. The molecule has 1 spiro atoms. The highest BCUT2D eigenvalue weighted by Gasteiger charge is 2.41. The molecule has 1 N–H and O–H groups in total. The van der Waals surface area contributed by atoms with E-state index in [2.05, 4.69) is 37.2 Å². The third-order valence-corrected chi connectivity index (χ3v) is 9.03. The summed E-state index contributed by atoms with van der Waals surface area (Å²) in [6.07, 6.45) is 4.34. The molecule has 0 aliphatic carbocycles. The summed E-state index contributed by atoms with van der Waals surface area (Å²) in [5, 5.41) is 3.44. The Labute approximate surface area is 146 Å². The molecule has 4 nitrogen and oxygen atoms in total. The second-order valence-electron chi connectivity index (χ2n) is 5.91. The Bertz CT molecular complexity index is 619. The predicted octanol–water partition coefficient (Wildman–Crippen LogP) is 3.43. The van der Waals surface area contributed by atoms with Crippen LogP contribution < -0.4 is 5.32 Å². The zero-order chi connectivity index (χ0) is 15.1. The minimum atomic E-state index is -3.41. The molecular weight excluding hydrogens is 440 g/mol. The summed E-state index contributed by atoms with van der Waals surface area (Å²) in [4.78, 5) is 0.389. The summed E-state index contributed by atoms with van der Waals surface area (Å²) in [5.74, 6) is 0. The maximum absolute atomic E-state index is 12.9. The second-order valence-corrected chi connectivity index (χ2v) is 11.6. The van der Waals surface area contributed by atoms with Crippen molar-refractivity contribution in [3.8, 4) is 0 Å². The average Bonchev–Trinajstić information content (AvgIpc) is 2.79. The van der Waals surface area contributed by atoms with E-state index >= 15 is 0 Å². The predicted molar refractivity (Wildman–Crippen MR) is 92.2 cm³/mol. The first-order valence-electron chi connectivity index (χ1n) is 7.09. The van der Waals surface area contributed by atoms with E-state index in [4.69, 9.17) is 0 Å². The minimum Gasteiger partial charge on any atom is -0.316 e. The zero-order valence-corrected chi connectivity index (χ0v) is 16.4. The summed E-state index contributed by atoms with van der Waals surface area (Å²) in [6.45, 7) is 3.26. The van der Waals surface area contributed by atoms with Crippen LogP contribution in [0.2, 0.25) is 0 Å². The summed E-state index contributed by atoms with van der Waals surface area (Å²) in [7, 11) is -3.41. The zero-order valence-electron chi connectivity index (χ0n) is 11.6. The van der Waals surface area contributed by atoms with Crippen molar-refractivity contribution in [1.29, 1.82) is 0 Å². The normalized spacial score (nSPS) is 28.1. The van der Waals surface area contributed by atoms with Gasteiger partial charge in [-0.15, -0.1) is 11.3 Å². The van der Waals surface area contributed by atoms with E-state index in [-0.39, 0.29) is 5.41 Å². The Hall–Kier alpha value is 0.530. The minimum absolute atomic E-state index is 0.128. The number of rotatable bonds is 2. The Morgan fingerprint density at radius 2 is 2.05 bits per heavy atom. The number of hydrogen-bond donors (Lipinski definition) is 1. The molecule has 1 aromatic rings. The molecule has 0 saturated carbocycles. The van der Waals surface area contributed by atoms with Crippen LogP contribution in [0.1, 0.15) is 25.7 Å². The van der Waals surface area contributed by atoms with Crippen LogP contribution in [0.3, 0.4) is 0 Å². The van der Waals surface area contributed by atoms with Crippen LogP contribution in [0.4, 0.5) is 0 Å². The lowest BCUT2D eigenvalue weighted by atomic mass is 9.75. The van der Waals surface area contributed by atoms with Crippen molar-refractivity contribution in [2.24, 2.45) is 5.41 Å². The van der Waals surface area contributed by atoms with Gasteiger partial charge in [-0.1, -0.05) is 0 Å². The van der Waals surface area contributed by atoms with E-state index in [1.54, 1.807) is 10.4 Å². The third kappa shape index (κ3) is 3.26. The molecular formula is C13H18Br2N2O2S2. The standard InChI is InChI=1S/C13H18Br2N2O2S2/c14-11-7-10(12(15)20-11)21(18,19)17-6-2-4-13(9-17)3-1-5-16-8-13/h7,16H,1-6,8-9H2. The fraction of sp³-hybridized carbons (Fsp3) is 0.692. The maximum atomic E-state index is 12.9. The lowest BCUT2D eigenvalue weighted by molar-refractivity contribution is 0.110. The molecule has 2 saturated heterocycles. The number of hydrogen-bond acceptors (Lipinski definition) is 4. The highest BCUT2D eigenvalue weighted by Crippen LogP contribution is 2.41. The number of thiophene rings is 1. The van der Waals surface area contributed by atoms with Crippen LogP contribution in [0.15, 0.2) is 18.5 Å². The van der Waals surface area contributed by atoms with Gasteiger partial charge in [0.15, 0.2) is 0 Å². The van der Waals surface area contributed by atoms with Gasteiger partial charge in [-0.25, -0.2) is 8.42 Å². The lowest BCUT2D eigenvalue weighted by Crippen LogP contribution is -2.52. The van der Waals surface area contributed by atoms with Crippen LogP contribution in [-0.2, 0) is 10.0 Å². The lowest BCUT2D eigenvalue weighted by Gasteiger charge is -2.44. The number of piperidine rings is 2. The molecule has 0 radical (unpaired) electrons. The van der Waals surface area contributed by atoms with Gasteiger partial charge in [0.25, 0.3) is 0 Å². The van der Waals surface area contributed by atoms with Crippen LogP contribution in [0.25, 0.3) is 0 Å². The van der Waals surface area contributed by atoms with Crippen molar-refractivity contribution in [1.82, 2.24) is 9.62 Å². The highest BCUT2D eigenvalue weighted by atomic mass is 79.9. The Morgan fingerprint density at radius 3 is 2.67 bits per heavy atom. The van der Waals surface area contributed by atoms with Gasteiger partial charge < -0.3 is 5.32 Å². The fourth-order valence-corrected chi connectivity index (χ4v) is 8.74. The van der Waals surface area contributed by atoms with Gasteiger partial charge in [0, 0.05) is 19.6 Å². The number of sulfonamides is 1.